The van der Waals surface area contributed by atoms with E-state index < -0.39 is 0 Å². The van der Waals surface area contributed by atoms with Crippen LogP contribution < -0.4 is 16.0 Å². The van der Waals surface area contributed by atoms with Crippen molar-refractivity contribution in [3.63, 3.8) is 0 Å². The van der Waals surface area contributed by atoms with Crippen LogP contribution in [0.4, 0.5) is 11.6 Å². The van der Waals surface area contributed by atoms with Gasteiger partial charge in [0.25, 0.3) is 5.89 Å². The Morgan fingerprint density at radius 3 is 2.66 bits per heavy atom. The minimum Gasteiger partial charge on any atom is -0.414 e. The maximum Gasteiger partial charge on any atom is 0.270 e. The smallest absolute Gasteiger partial charge is 0.270 e. The Morgan fingerprint density at radius 2 is 1.97 bits per heavy atom. The number of hydrogen-bond acceptors (Lipinski definition) is 9. The van der Waals surface area contributed by atoms with Gasteiger partial charge in [-0.05, 0) is 31.7 Å². The summed E-state index contributed by atoms with van der Waals surface area (Å²) >= 11 is 0. The summed E-state index contributed by atoms with van der Waals surface area (Å²) in [5.41, 5.74) is 8.42. The standard InChI is InChI=1S/C22H28N8O2/c1-4-18(31)29-9-10-30(14(2)13-29)17-12-25-20(23)19(26-17)22-28-27-21(32-22)16-7-5-15(6-8-16)11-24-3/h5-8,12,14,24H,4,9-11,13H2,1-3H3,(H2,23,25). The number of carbonyl (C=O) groups excluding carboxylic acids is 1. The number of piperazine rings is 1. The largest absolute Gasteiger partial charge is 0.414 e. The molecule has 3 heterocycles. The number of rotatable bonds is 6. The Balaban J connectivity index is 1.55. The summed E-state index contributed by atoms with van der Waals surface area (Å²) in [6, 6.07) is 7.99. The fraction of sp³-hybridized carbons (Fsp3) is 0.409. The predicted octanol–water partition coefficient (Wildman–Crippen LogP) is 1.94. The van der Waals surface area contributed by atoms with Crippen molar-refractivity contribution in [3.05, 3.63) is 36.0 Å². The maximum atomic E-state index is 12.0. The number of nitrogens with one attached hydrogen (secondary N) is 1. The van der Waals surface area contributed by atoms with Crippen molar-refractivity contribution in [1.29, 1.82) is 0 Å². The number of hydrogen-bond donors (Lipinski definition) is 2. The van der Waals surface area contributed by atoms with Crippen LogP contribution in [0, 0.1) is 0 Å². The zero-order chi connectivity index (χ0) is 22.7. The monoisotopic (exact) mass is 436 g/mol. The van der Waals surface area contributed by atoms with E-state index in [4.69, 9.17) is 10.2 Å². The van der Waals surface area contributed by atoms with Crippen LogP contribution in [0.1, 0.15) is 25.8 Å². The van der Waals surface area contributed by atoms with E-state index in [2.05, 4.69) is 37.3 Å². The van der Waals surface area contributed by atoms with Crippen molar-refractivity contribution < 1.29 is 9.21 Å². The zero-order valence-electron chi connectivity index (χ0n) is 18.6. The zero-order valence-corrected chi connectivity index (χ0v) is 18.6. The molecule has 32 heavy (non-hydrogen) atoms. The van der Waals surface area contributed by atoms with E-state index in [9.17, 15) is 4.79 Å². The number of nitrogens with two attached hydrogens (primary N) is 1. The number of aromatic nitrogens is 4. The minimum atomic E-state index is 0.0967. The molecule has 0 bridgehead atoms. The molecule has 168 valence electrons. The maximum absolute atomic E-state index is 12.0. The van der Waals surface area contributed by atoms with Crippen LogP contribution in [0.15, 0.2) is 34.9 Å². The van der Waals surface area contributed by atoms with Gasteiger partial charge in [-0.3, -0.25) is 4.79 Å². The molecule has 0 saturated carbocycles. The van der Waals surface area contributed by atoms with E-state index in [0.29, 0.717) is 43.5 Å². The molecule has 1 atom stereocenters. The van der Waals surface area contributed by atoms with E-state index in [1.165, 1.54) is 0 Å². The van der Waals surface area contributed by atoms with Crippen LogP contribution in [0.25, 0.3) is 23.0 Å². The van der Waals surface area contributed by atoms with Gasteiger partial charge in [-0.15, -0.1) is 10.2 Å². The minimum absolute atomic E-state index is 0.0967. The topological polar surface area (TPSA) is 126 Å². The molecule has 1 fully saturated rings. The molecule has 1 aliphatic rings. The second-order valence-electron chi connectivity index (χ2n) is 7.84. The number of carbonyl (C=O) groups is 1. The number of anilines is 2. The third-order valence-corrected chi connectivity index (χ3v) is 5.57. The average molecular weight is 437 g/mol. The molecular formula is C22H28N8O2. The molecule has 1 unspecified atom stereocenters. The number of nitrogen functional groups attached to an aromatic ring is 1. The van der Waals surface area contributed by atoms with Crippen molar-refractivity contribution in [3.8, 4) is 23.0 Å². The molecule has 3 N–H and O–H groups in total. The Morgan fingerprint density at radius 1 is 1.22 bits per heavy atom. The van der Waals surface area contributed by atoms with Gasteiger partial charge in [0.15, 0.2) is 11.5 Å². The Labute approximate surface area is 186 Å². The van der Waals surface area contributed by atoms with Crippen LogP contribution in [-0.4, -0.2) is 63.7 Å². The van der Waals surface area contributed by atoms with Gasteiger partial charge in [0.05, 0.1) is 6.20 Å². The molecule has 0 radical (unpaired) electrons. The van der Waals surface area contributed by atoms with Crippen molar-refractivity contribution in [2.75, 3.05) is 37.3 Å². The molecular weight excluding hydrogens is 408 g/mol. The van der Waals surface area contributed by atoms with Gasteiger partial charge in [0.2, 0.25) is 11.8 Å². The highest BCUT2D eigenvalue weighted by Crippen LogP contribution is 2.28. The lowest BCUT2D eigenvalue weighted by Gasteiger charge is -2.40. The van der Waals surface area contributed by atoms with Gasteiger partial charge < -0.3 is 25.3 Å². The van der Waals surface area contributed by atoms with E-state index in [0.717, 1.165) is 17.7 Å². The van der Waals surface area contributed by atoms with Gasteiger partial charge in [-0.25, -0.2) is 9.97 Å². The van der Waals surface area contributed by atoms with Crippen LogP contribution in [0.3, 0.4) is 0 Å². The highest BCUT2D eigenvalue weighted by molar-refractivity contribution is 5.76. The molecule has 1 amide bonds. The van der Waals surface area contributed by atoms with Crippen LogP contribution in [-0.2, 0) is 11.3 Å². The second kappa shape index (κ2) is 9.31. The van der Waals surface area contributed by atoms with Crippen molar-refractivity contribution in [2.45, 2.75) is 32.9 Å². The van der Waals surface area contributed by atoms with Crippen molar-refractivity contribution in [1.82, 2.24) is 30.4 Å². The summed E-state index contributed by atoms with van der Waals surface area (Å²) in [6.45, 7) is 6.68. The quantitative estimate of drug-likeness (QED) is 0.596. The first kappa shape index (κ1) is 21.7. The molecule has 1 saturated heterocycles. The first-order valence-corrected chi connectivity index (χ1v) is 10.7. The molecule has 1 aromatic carbocycles. The Hall–Kier alpha value is -3.53. The van der Waals surface area contributed by atoms with Gasteiger partial charge in [-0.1, -0.05) is 19.1 Å². The molecule has 0 spiro atoms. The third-order valence-electron chi connectivity index (χ3n) is 5.57. The normalized spacial score (nSPS) is 16.4. The molecule has 4 rings (SSSR count). The molecule has 1 aliphatic heterocycles. The third kappa shape index (κ3) is 4.40. The first-order valence-electron chi connectivity index (χ1n) is 10.7. The van der Waals surface area contributed by atoms with Crippen LogP contribution >= 0.6 is 0 Å². The van der Waals surface area contributed by atoms with E-state index in [-0.39, 0.29) is 23.7 Å². The van der Waals surface area contributed by atoms with Gasteiger partial charge >= 0.3 is 0 Å². The summed E-state index contributed by atoms with van der Waals surface area (Å²) in [5, 5.41) is 11.4. The van der Waals surface area contributed by atoms with Crippen LogP contribution in [0.5, 0.6) is 0 Å². The van der Waals surface area contributed by atoms with E-state index in [1.807, 2.05) is 43.1 Å². The predicted molar refractivity (Wildman–Crippen MR) is 122 cm³/mol. The SMILES string of the molecule is CCC(=O)N1CCN(c2cnc(N)c(-c3nnc(-c4ccc(CNC)cc4)o3)n2)C(C)C1. The lowest BCUT2D eigenvalue weighted by molar-refractivity contribution is -0.131. The Kier molecular flexibility index (Phi) is 6.31. The molecule has 2 aromatic heterocycles. The lowest BCUT2D eigenvalue weighted by Crippen LogP contribution is -2.54. The van der Waals surface area contributed by atoms with E-state index >= 15 is 0 Å². The fourth-order valence-electron chi connectivity index (χ4n) is 3.84. The molecule has 10 nitrogen and oxygen atoms in total. The first-order chi connectivity index (χ1) is 15.5. The fourth-order valence-corrected chi connectivity index (χ4v) is 3.84. The van der Waals surface area contributed by atoms with Gasteiger partial charge in [0, 0.05) is 44.2 Å². The molecule has 0 aliphatic carbocycles. The molecule has 3 aromatic rings. The number of amides is 1. The lowest BCUT2D eigenvalue weighted by atomic mass is 10.1. The summed E-state index contributed by atoms with van der Waals surface area (Å²) in [7, 11) is 1.91. The Bertz CT molecular complexity index is 1080. The van der Waals surface area contributed by atoms with Crippen molar-refractivity contribution in [2.24, 2.45) is 0 Å². The second-order valence-corrected chi connectivity index (χ2v) is 7.84. The summed E-state index contributed by atoms with van der Waals surface area (Å²) < 4.78 is 5.88. The van der Waals surface area contributed by atoms with E-state index in [1.54, 1.807) is 6.20 Å². The summed E-state index contributed by atoms with van der Waals surface area (Å²) in [5.74, 6) is 1.67. The number of benzene rings is 1. The highest BCUT2D eigenvalue weighted by Gasteiger charge is 2.28. The van der Waals surface area contributed by atoms with Crippen molar-refractivity contribution >= 4 is 17.5 Å². The number of nitrogens with zero attached hydrogens (tertiary/aromatic N) is 6. The van der Waals surface area contributed by atoms with Gasteiger partial charge in [0.1, 0.15) is 5.82 Å². The molecule has 10 heteroatoms. The summed E-state index contributed by atoms with van der Waals surface area (Å²) in [6.07, 6.45) is 2.15. The highest BCUT2D eigenvalue weighted by atomic mass is 16.4. The van der Waals surface area contributed by atoms with Gasteiger partial charge in [-0.2, -0.15) is 0 Å². The summed E-state index contributed by atoms with van der Waals surface area (Å²) in [4.78, 5) is 25.0. The van der Waals surface area contributed by atoms with Crippen LogP contribution in [0.2, 0.25) is 0 Å². The average Bonchev–Trinajstić information content (AvgIpc) is 3.30.